The number of aryl methyl sites for hydroxylation is 2. The van der Waals surface area contributed by atoms with Gasteiger partial charge in [-0.15, -0.1) is 0 Å². The van der Waals surface area contributed by atoms with Crippen LogP contribution in [0.4, 0.5) is 5.69 Å². The Morgan fingerprint density at radius 3 is 2.96 bits per heavy atom. The van der Waals surface area contributed by atoms with E-state index >= 15 is 0 Å². The van der Waals surface area contributed by atoms with Crippen molar-refractivity contribution in [1.82, 2.24) is 20.1 Å². The maximum absolute atomic E-state index is 12.5. The van der Waals surface area contributed by atoms with Gasteiger partial charge in [-0.1, -0.05) is 18.6 Å². The van der Waals surface area contributed by atoms with Crippen molar-refractivity contribution in [3.63, 3.8) is 0 Å². The van der Waals surface area contributed by atoms with Gasteiger partial charge in [0.2, 0.25) is 5.91 Å². The second-order valence-electron chi connectivity index (χ2n) is 6.41. The quantitative estimate of drug-likeness (QED) is 0.798. The monoisotopic (exact) mass is 329 g/mol. The predicted octanol–water partition coefficient (Wildman–Crippen LogP) is 1.88. The molecule has 0 saturated carbocycles. The number of hydrogen-bond donors (Lipinski definition) is 3. The molecular weight excluding hydrogens is 306 g/mol. The molecule has 1 saturated heterocycles. The predicted molar refractivity (Wildman–Crippen MR) is 91.9 cm³/mol. The van der Waals surface area contributed by atoms with Crippen LogP contribution in [0.2, 0.25) is 0 Å². The summed E-state index contributed by atoms with van der Waals surface area (Å²) in [5, 5.41) is 9.44. The summed E-state index contributed by atoms with van der Waals surface area (Å²) in [7, 11) is 0. The van der Waals surface area contributed by atoms with Crippen LogP contribution in [0, 0.1) is 13.8 Å². The van der Waals surface area contributed by atoms with E-state index in [1.807, 2.05) is 32.0 Å². The van der Waals surface area contributed by atoms with Gasteiger partial charge in [-0.3, -0.25) is 14.7 Å². The molecule has 24 heavy (non-hydrogen) atoms. The summed E-state index contributed by atoms with van der Waals surface area (Å²) in [5.74, 6) is 0.563. The normalized spacial score (nSPS) is 18.5. The molecule has 1 aromatic heterocycles. The number of aromatic nitrogens is 3. The average Bonchev–Trinajstić information content (AvgIpc) is 2.98. The van der Waals surface area contributed by atoms with Gasteiger partial charge in [0.1, 0.15) is 5.82 Å². The number of H-pyrrole nitrogens is 2. The van der Waals surface area contributed by atoms with Crippen LogP contribution in [-0.2, 0) is 4.79 Å². The Hall–Kier alpha value is -2.41. The molecule has 2 heterocycles. The SMILES string of the molecule is Cc1ccc(C)c(NC(=O)CN2CCCCC2c2n[nH]c(=O)[nH]2)c1. The Morgan fingerprint density at radius 1 is 1.38 bits per heavy atom. The summed E-state index contributed by atoms with van der Waals surface area (Å²) >= 11 is 0. The van der Waals surface area contributed by atoms with E-state index in [1.54, 1.807) is 0 Å². The van der Waals surface area contributed by atoms with Gasteiger partial charge >= 0.3 is 5.69 Å². The third-order valence-corrected chi connectivity index (χ3v) is 4.46. The van der Waals surface area contributed by atoms with E-state index in [2.05, 4.69) is 25.4 Å². The second kappa shape index (κ2) is 7.00. The van der Waals surface area contributed by atoms with Crippen LogP contribution >= 0.6 is 0 Å². The van der Waals surface area contributed by atoms with E-state index in [9.17, 15) is 9.59 Å². The minimum absolute atomic E-state index is 0.0259. The fourth-order valence-corrected chi connectivity index (χ4v) is 3.18. The van der Waals surface area contributed by atoms with Crippen molar-refractivity contribution in [1.29, 1.82) is 0 Å². The Morgan fingerprint density at radius 2 is 2.21 bits per heavy atom. The van der Waals surface area contributed by atoms with Crippen LogP contribution in [0.1, 0.15) is 42.3 Å². The molecule has 7 heteroatoms. The molecule has 1 aliphatic heterocycles. The summed E-state index contributed by atoms with van der Waals surface area (Å²) in [5.41, 5.74) is 2.69. The smallest absolute Gasteiger partial charge is 0.325 e. The summed E-state index contributed by atoms with van der Waals surface area (Å²) in [4.78, 5) is 28.6. The highest BCUT2D eigenvalue weighted by molar-refractivity contribution is 5.93. The fraction of sp³-hybridized carbons (Fsp3) is 0.471. The summed E-state index contributed by atoms with van der Waals surface area (Å²) in [6, 6.07) is 5.98. The molecular formula is C17H23N5O2. The van der Waals surface area contributed by atoms with Crippen LogP contribution in [0.15, 0.2) is 23.0 Å². The molecule has 1 atom stereocenters. The van der Waals surface area contributed by atoms with Crippen LogP contribution in [0.25, 0.3) is 0 Å². The highest BCUT2D eigenvalue weighted by Gasteiger charge is 2.28. The van der Waals surface area contributed by atoms with Crippen molar-refractivity contribution in [2.24, 2.45) is 0 Å². The number of hydrogen-bond acceptors (Lipinski definition) is 4. The van der Waals surface area contributed by atoms with E-state index < -0.39 is 0 Å². The number of rotatable bonds is 4. The van der Waals surface area contributed by atoms with Crippen LogP contribution < -0.4 is 11.0 Å². The van der Waals surface area contributed by atoms with Gasteiger partial charge < -0.3 is 5.32 Å². The average molecular weight is 329 g/mol. The Bertz CT molecular complexity index is 779. The van der Waals surface area contributed by atoms with Crippen molar-refractivity contribution in [3.05, 3.63) is 45.6 Å². The molecule has 1 amide bonds. The van der Waals surface area contributed by atoms with Crippen molar-refractivity contribution >= 4 is 11.6 Å². The summed E-state index contributed by atoms with van der Waals surface area (Å²) in [6.45, 7) is 5.09. The van der Waals surface area contributed by atoms with Gasteiger partial charge in [-0.05, 0) is 50.4 Å². The Kier molecular flexibility index (Phi) is 4.80. The lowest BCUT2D eigenvalue weighted by Crippen LogP contribution is -2.39. The zero-order valence-electron chi connectivity index (χ0n) is 14.1. The number of aromatic amines is 2. The number of nitrogens with zero attached hydrogens (tertiary/aromatic N) is 2. The molecule has 1 aliphatic rings. The van der Waals surface area contributed by atoms with Gasteiger partial charge in [-0.25, -0.2) is 9.89 Å². The van der Waals surface area contributed by atoms with Crippen LogP contribution in [-0.4, -0.2) is 39.1 Å². The number of nitrogens with one attached hydrogen (secondary N) is 3. The third-order valence-electron chi connectivity index (χ3n) is 4.46. The molecule has 1 fully saturated rings. The number of carbonyl (C=O) groups excluding carboxylic acids is 1. The Balaban J connectivity index is 1.69. The van der Waals surface area contributed by atoms with Crippen molar-refractivity contribution in [3.8, 4) is 0 Å². The van der Waals surface area contributed by atoms with E-state index in [0.29, 0.717) is 5.82 Å². The first-order valence-electron chi connectivity index (χ1n) is 8.28. The lowest BCUT2D eigenvalue weighted by molar-refractivity contribution is -0.118. The number of piperidine rings is 1. The first-order valence-corrected chi connectivity index (χ1v) is 8.28. The lowest BCUT2D eigenvalue weighted by Gasteiger charge is -2.33. The first kappa shape index (κ1) is 16.4. The zero-order chi connectivity index (χ0) is 17.1. The zero-order valence-corrected chi connectivity index (χ0v) is 14.1. The molecule has 3 N–H and O–H groups in total. The molecule has 0 bridgehead atoms. The number of likely N-dealkylation sites (tertiary alicyclic amines) is 1. The van der Waals surface area contributed by atoms with E-state index in [-0.39, 0.29) is 24.2 Å². The first-order chi connectivity index (χ1) is 11.5. The molecule has 2 aromatic rings. The molecule has 1 unspecified atom stereocenters. The maximum Gasteiger partial charge on any atom is 0.340 e. The van der Waals surface area contributed by atoms with E-state index in [1.165, 1.54) is 0 Å². The molecule has 0 radical (unpaired) electrons. The van der Waals surface area contributed by atoms with E-state index in [0.717, 1.165) is 42.6 Å². The molecule has 128 valence electrons. The van der Waals surface area contributed by atoms with Gasteiger partial charge in [0, 0.05) is 5.69 Å². The highest BCUT2D eigenvalue weighted by atomic mass is 16.2. The summed E-state index contributed by atoms with van der Waals surface area (Å²) < 4.78 is 0. The van der Waals surface area contributed by atoms with Gasteiger partial charge in [-0.2, -0.15) is 5.10 Å². The largest absolute Gasteiger partial charge is 0.340 e. The molecule has 0 aliphatic carbocycles. The fourth-order valence-electron chi connectivity index (χ4n) is 3.18. The number of benzene rings is 1. The van der Waals surface area contributed by atoms with Crippen molar-refractivity contribution in [2.45, 2.75) is 39.2 Å². The second-order valence-corrected chi connectivity index (χ2v) is 6.41. The number of amides is 1. The van der Waals surface area contributed by atoms with Crippen LogP contribution in [0.5, 0.6) is 0 Å². The standard InChI is InChI=1S/C17H23N5O2/c1-11-6-7-12(2)13(9-11)18-15(23)10-22-8-4-3-5-14(22)16-19-17(24)21-20-16/h6-7,9,14H,3-5,8,10H2,1-2H3,(H,18,23)(H2,19,20,21,24). The lowest BCUT2D eigenvalue weighted by atomic mass is 10.0. The molecule has 0 spiro atoms. The highest BCUT2D eigenvalue weighted by Crippen LogP contribution is 2.28. The van der Waals surface area contributed by atoms with Gasteiger partial charge in [0.25, 0.3) is 0 Å². The third kappa shape index (κ3) is 3.73. The minimum Gasteiger partial charge on any atom is -0.325 e. The molecule has 7 nitrogen and oxygen atoms in total. The van der Waals surface area contributed by atoms with Crippen LogP contribution in [0.3, 0.4) is 0 Å². The minimum atomic E-state index is -0.310. The topological polar surface area (TPSA) is 93.9 Å². The maximum atomic E-state index is 12.5. The molecule has 1 aromatic carbocycles. The van der Waals surface area contributed by atoms with Gasteiger partial charge in [0.15, 0.2) is 0 Å². The van der Waals surface area contributed by atoms with Crippen molar-refractivity contribution in [2.75, 3.05) is 18.4 Å². The summed E-state index contributed by atoms with van der Waals surface area (Å²) in [6.07, 6.45) is 2.99. The van der Waals surface area contributed by atoms with E-state index in [4.69, 9.17) is 0 Å². The molecule has 3 rings (SSSR count). The number of anilines is 1. The number of carbonyl (C=O) groups is 1. The van der Waals surface area contributed by atoms with Gasteiger partial charge in [0.05, 0.1) is 12.6 Å². The van der Waals surface area contributed by atoms with Crippen molar-refractivity contribution < 1.29 is 4.79 Å². The Labute approximate surface area is 140 Å².